The lowest BCUT2D eigenvalue weighted by Crippen LogP contribution is -2.34. The van der Waals surface area contributed by atoms with E-state index in [2.05, 4.69) is 72.7 Å². The first kappa shape index (κ1) is 47.2. The van der Waals surface area contributed by atoms with Crippen LogP contribution in [0, 0.1) is 5.82 Å². The molecule has 0 unspecified atom stereocenters. The summed E-state index contributed by atoms with van der Waals surface area (Å²) in [7, 11) is 1.56. The van der Waals surface area contributed by atoms with E-state index in [0.717, 1.165) is 124 Å². The van der Waals surface area contributed by atoms with Crippen molar-refractivity contribution < 1.29 is 22.4 Å². The molecule has 0 saturated carbocycles. The molecule has 372 valence electrons. The summed E-state index contributed by atoms with van der Waals surface area (Å²) in [5.74, 6) is 3.76. The zero-order valence-corrected chi connectivity index (χ0v) is 41.5. The fourth-order valence-corrected chi connectivity index (χ4v) is 10.5. The minimum absolute atomic E-state index is 0.0694. The Bertz CT molecular complexity index is 3740. The molecule has 0 radical (unpaired) electrons. The molecule has 16 nitrogen and oxygen atoms in total. The second kappa shape index (κ2) is 20.6. The number of ether oxygens (including phenoxy) is 1. The number of nitrogens with zero attached hydrogens (tertiary/aromatic N) is 10. The van der Waals surface area contributed by atoms with Crippen molar-refractivity contribution in [1.82, 2.24) is 60.6 Å². The normalized spacial score (nSPS) is 16.5. The number of methoxy groups -OCH3 is 1. The molecule has 2 N–H and O–H groups in total. The standard InChI is InChI=1S/C28H23ClN6O2.C27H24ClFN6O2/c29-25-14-18(9-10-30-25)26-22-13-19(7-8-23(22)31-32-26)27-33-34-28(37-27)20-5-3-11-35(15-20)16-21-12-17-4-1-2-6-24(17)36-21;1-36-23-6-2-5-21(29)20(23)15-35-11-3-4-18(14-35)27-34-33-26(37-27)17-7-8-22-19(12-17)25(32-31-22)16-9-10-30-24(28)13-16/h1-2,4,6-10,12-14,20H,3,5,11,15-16H2,(H,31,32);2,5-10,12-13,18H,3-4,11,14-15H2,1H3,(H,31,32)/t20-;18-/m11/s1. The van der Waals surface area contributed by atoms with Gasteiger partial charge in [-0.3, -0.25) is 20.0 Å². The monoisotopic (exact) mass is 1030 g/mol. The molecule has 11 aromatic rings. The van der Waals surface area contributed by atoms with Crippen molar-refractivity contribution in [2.45, 2.75) is 50.6 Å². The maximum absolute atomic E-state index is 14.5. The average Bonchev–Trinajstić information content (AvgIpc) is 4.30. The number of aromatic nitrogens is 10. The molecule has 2 aliphatic rings. The number of H-pyrrole nitrogens is 2. The number of hydrogen-bond acceptors (Lipinski definition) is 14. The number of rotatable bonds is 11. The summed E-state index contributed by atoms with van der Waals surface area (Å²) in [5.41, 5.74) is 8.28. The number of hydrogen-bond donors (Lipinski definition) is 2. The van der Waals surface area contributed by atoms with Crippen LogP contribution in [-0.4, -0.2) is 93.8 Å². The van der Waals surface area contributed by atoms with Crippen LogP contribution in [0.5, 0.6) is 5.75 Å². The number of fused-ring (bicyclic) bond motifs is 3. The van der Waals surface area contributed by atoms with Crippen LogP contribution in [0.3, 0.4) is 0 Å². The lowest BCUT2D eigenvalue weighted by atomic mass is 9.97. The van der Waals surface area contributed by atoms with E-state index >= 15 is 0 Å². The van der Waals surface area contributed by atoms with Crippen molar-refractivity contribution in [3.05, 3.63) is 161 Å². The zero-order valence-electron chi connectivity index (χ0n) is 40.0. The molecule has 19 heteroatoms. The Kier molecular flexibility index (Phi) is 13.1. The van der Waals surface area contributed by atoms with E-state index in [1.807, 2.05) is 66.7 Å². The Labute approximate surface area is 432 Å². The van der Waals surface area contributed by atoms with Gasteiger partial charge in [0.05, 0.1) is 36.5 Å². The van der Waals surface area contributed by atoms with Crippen molar-refractivity contribution >= 4 is 56.0 Å². The van der Waals surface area contributed by atoms with Crippen LogP contribution in [0.2, 0.25) is 10.3 Å². The van der Waals surface area contributed by atoms with Gasteiger partial charge in [0.2, 0.25) is 23.6 Å². The second-order valence-corrected chi connectivity index (χ2v) is 19.4. The van der Waals surface area contributed by atoms with Gasteiger partial charge in [-0.2, -0.15) is 10.2 Å². The van der Waals surface area contributed by atoms with Gasteiger partial charge in [-0.25, -0.2) is 14.4 Å². The summed E-state index contributed by atoms with van der Waals surface area (Å²) in [5, 5.41) is 36.5. The van der Waals surface area contributed by atoms with E-state index in [4.69, 9.17) is 41.2 Å². The molecule has 0 aliphatic carbocycles. The van der Waals surface area contributed by atoms with E-state index < -0.39 is 0 Å². The topological polar surface area (TPSA) is 190 Å². The molecule has 9 heterocycles. The average molecular weight is 1030 g/mol. The first-order valence-corrected chi connectivity index (χ1v) is 25.2. The van der Waals surface area contributed by atoms with E-state index in [1.165, 1.54) is 6.07 Å². The summed E-state index contributed by atoms with van der Waals surface area (Å²) in [6, 6.07) is 34.3. The predicted molar refractivity (Wildman–Crippen MR) is 279 cm³/mol. The summed E-state index contributed by atoms with van der Waals surface area (Å²) < 4.78 is 38.3. The number of halogens is 3. The number of piperidine rings is 2. The van der Waals surface area contributed by atoms with Gasteiger partial charge in [-0.05, 0) is 124 Å². The maximum Gasteiger partial charge on any atom is 0.247 e. The lowest BCUT2D eigenvalue weighted by molar-refractivity contribution is 0.176. The highest BCUT2D eigenvalue weighted by atomic mass is 35.5. The highest BCUT2D eigenvalue weighted by Crippen LogP contribution is 2.36. The van der Waals surface area contributed by atoms with Crippen LogP contribution >= 0.6 is 23.2 Å². The number of pyridine rings is 2. The van der Waals surface area contributed by atoms with Gasteiger partial charge in [-0.1, -0.05) is 47.5 Å². The fraction of sp³-hybridized carbons (Fsp3) is 0.236. The van der Waals surface area contributed by atoms with Gasteiger partial charge in [0.15, 0.2) is 0 Å². The zero-order chi connectivity index (χ0) is 50.1. The number of aromatic amines is 2. The maximum atomic E-state index is 14.5. The fourth-order valence-electron chi connectivity index (χ4n) is 10.1. The van der Waals surface area contributed by atoms with Crippen LogP contribution in [0.4, 0.5) is 4.39 Å². The van der Waals surface area contributed by atoms with Crippen molar-refractivity contribution in [1.29, 1.82) is 0 Å². The Morgan fingerprint density at radius 2 is 1.20 bits per heavy atom. The summed E-state index contributed by atoms with van der Waals surface area (Å²) in [6.45, 7) is 4.68. The van der Waals surface area contributed by atoms with Crippen LogP contribution in [0.25, 0.3) is 78.2 Å². The molecule has 2 atom stereocenters. The van der Waals surface area contributed by atoms with Gasteiger partial charge in [0.25, 0.3) is 0 Å². The van der Waals surface area contributed by atoms with Gasteiger partial charge in [-0.15, -0.1) is 20.4 Å². The van der Waals surface area contributed by atoms with Crippen molar-refractivity contribution in [3.8, 4) is 51.2 Å². The quantitative estimate of drug-likeness (QED) is 0.116. The van der Waals surface area contributed by atoms with Gasteiger partial charge in [0.1, 0.15) is 44.6 Å². The number of benzene rings is 4. The van der Waals surface area contributed by atoms with Crippen molar-refractivity contribution in [2.75, 3.05) is 33.3 Å². The molecule has 2 saturated heterocycles. The molecule has 2 aliphatic heterocycles. The molecule has 7 aromatic heterocycles. The number of likely N-dealkylation sites (tertiary alicyclic amines) is 2. The van der Waals surface area contributed by atoms with Crippen molar-refractivity contribution in [2.24, 2.45) is 0 Å². The van der Waals surface area contributed by atoms with Gasteiger partial charge < -0.3 is 18.0 Å². The first-order chi connectivity index (χ1) is 36.3. The predicted octanol–water partition coefficient (Wildman–Crippen LogP) is 12.3. The molecular weight excluding hydrogens is 983 g/mol. The van der Waals surface area contributed by atoms with Crippen LogP contribution in [0.15, 0.2) is 135 Å². The molecule has 74 heavy (non-hydrogen) atoms. The molecule has 2 fully saturated rings. The van der Waals surface area contributed by atoms with Crippen LogP contribution in [0.1, 0.15) is 60.6 Å². The molecular formula is C55H47Cl2FN12O4. The minimum atomic E-state index is -0.260. The number of furan rings is 1. The van der Waals surface area contributed by atoms with E-state index in [1.54, 1.807) is 43.8 Å². The SMILES string of the molecule is COc1cccc(F)c1CN1CCC[C@@H](c2nnc(-c3ccc4[nH]nc(-c5ccnc(Cl)c5)c4c3)o2)C1.Clc1cc(-c2n[nH]c3ccc(-c4nnc([C@@H]5CCCN(Cc6cc7ccccc7o6)C5)o4)cc23)ccn1. The minimum Gasteiger partial charge on any atom is -0.496 e. The molecule has 0 bridgehead atoms. The van der Waals surface area contributed by atoms with Crippen molar-refractivity contribution in [3.63, 3.8) is 0 Å². The molecule has 0 amide bonds. The molecule has 13 rings (SSSR count). The van der Waals surface area contributed by atoms with Gasteiger partial charge in [0, 0.05) is 76.0 Å². The summed E-state index contributed by atoms with van der Waals surface area (Å²) in [4.78, 5) is 12.7. The highest BCUT2D eigenvalue weighted by Gasteiger charge is 2.29. The summed E-state index contributed by atoms with van der Waals surface area (Å²) in [6.07, 6.45) is 7.31. The van der Waals surface area contributed by atoms with Crippen LogP contribution in [-0.2, 0) is 13.1 Å². The lowest BCUT2D eigenvalue weighted by Gasteiger charge is -2.31. The highest BCUT2D eigenvalue weighted by molar-refractivity contribution is 6.30. The van der Waals surface area contributed by atoms with Crippen LogP contribution < -0.4 is 4.74 Å². The van der Waals surface area contributed by atoms with Gasteiger partial charge >= 0.3 is 0 Å². The van der Waals surface area contributed by atoms with E-state index in [-0.39, 0.29) is 17.7 Å². The third-order valence-electron chi connectivity index (χ3n) is 13.7. The second-order valence-electron chi connectivity index (χ2n) is 18.6. The van der Waals surface area contributed by atoms with E-state index in [9.17, 15) is 4.39 Å². The Morgan fingerprint density at radius 1 is 0.622 bits per heavy atom. The molecule has 4 aromatic carbocycles. The third kappa shape index (κ3) is 9.86. The molecule has 0 spiro atoms. The Hall–Kier alpha value is -7.83. The Balaban J connectivity index is 0.000000150. The van der Waals surface area contributed by atoms with E-state index in [0.29, 0.717) is 58.3 Å². The third-order valence-corrected chi connectivity index (χ3v) is 14.2. The largest absolute Gasteiger partial charge is 0.496 e. The smallest absolute Gasteiger partial charge is 0.247 e. The first-order valence-electron chi connectivity index (χ1n) is 24.4. The Morgan fingerprint density at radius 3 is 1.77 bits per heavy atom. The number of para-hydroxylation sites is 1. The summed E-state index contributed by atoms with van der Waals surface area (Å²) >= 11 is 12.2. The number of nitrogens with one attached hydrogen (secondary N) is 2.